The van der Waals surface area contributed by atoms with Gasteiger partial charge in [0.15, 0.2) is 6.10 Å². The van der Waals surface area contributed by atoms with Gasteiger partial charge in [-0.2, -0.15) is 5.06 Å². The van der Waals surface area contributed by atoms with E-state index >= 15 is 0 Å². The van der Waals surface area contributed by atoms with Gasteiger partial charge in [0.1, 0.15) is 6.54 Å². The number of amides is 3. The number of thiophene rings is 1. The Labute approximate surface area is 232 Å². The predicted molar refractivity (Wildman–Crippen MR) is 147 cm³/mol. The fourth-order valence-corrected chi connectivity index (χ4v) is 6.73. The zero-order valence-electron chi connectivity index (χ0n) is 21.6. The van der Waals surface area contributed by atoms with Crippen LogP contribution in [0.1, 0.15) is 34.9 Å². The van der Waals surface area contributed by atoms with Gasteiger partial charge in [0, 0.05) is 30.6 Å². The maximum absolute atomic E-state index is 13.5. The Hall–Kier alpha value is -3.37. The SMILES string of the molecule is O=C(CN1OC2C(=O)N(Cc3ccccc3)C(=O)C2C1c1cccs1)NC1CCN(Cc2ccccc2)CC1. The third kappa shape index (κ3) is 5.53. The van der Waals surface area contributed by atoms with Crippen molar-refractivity contribution in [2.75, 3.05) is 19.6 Å². The Morgan fingerprint density at radius 1 is 0.872 bits per heavy atom. The van der Waals surface area contributed by atoms with Gasteiger partial charge < -0.3 is 5.32 Å². The van der Waals surface area contributed by atoms with E-state index in [1.54, 1.807) is 5.06 Å². The van der Waals surface area contributed by atoms with E-state index in [1.807, 2.05) is 53.9 Å². The largest absolute Gasteiger partial charge is 0.352 e. The second kappa shape index (κ2) is 11.4. The molecule has 8 nitrogen and oxygen atoms in total. The zero-order valence-corrected chi connectivity index (χ0v) is 22.5. The lowest BCUT2D eigenvalue weighted by atomic mass is 9.95. The number of nitrogens with one attached hydrogen (secondary N) is 1. The fourth-order valence-electron chi connectivity index (χ4n) is 5.85. The lowest BCUT2D eigenvalue weighted by Crippen LogP contribution is -2.47. The molecule has 39 heavy (non-hydrogen) atoms. The highest BCUT2D eigenvalue weighted by atomic mass is 32.1. The Balaban J connectivity index is 1.08. The fraction of sp³-hybridized carbons (Fsp3) is 0.367. The van der Waals surface area contributed by atoms with E-state index in [2.05, 4.69) is 34.5 Å². The smallest absolute Gasteiger partial charge is 0.261 e. The molecule has 0 aliphatic carbocycles. The number of piperidine rings is 1. The molecule has 3 fully saturated rings. The molecule has 1 aromatic heterocycles. The number of carbonyl (C=O) groups is 3. The van der Waals surface area contributed by atoms with Crippen LogP contribution in [0.3, 0.4) is 0 Å². The van der Waals surface area contributed by atoms with Crippen LogP contribution >= 0.6 is 11.3 Å². The van der Waals surface area contributed by atoms with Crippen molar-refractivity contribution in [2.45, 2.75) is 44.1 Å². The summed E-state index contributed by atoms with van der Waals surface area (Å²) in [6, 6.07) is 23.4. The number of rotatable bonds is 8. The standard InChI is InChI=1S/C30H32N4O4S/c35-25(31-23-13-15-32(16-14-23)18-21-8-3-1-4-9-21)20-34-27(24-12-7-17-39-24)26-28(38-34)30(37)33(29(26)36)19-22-10-5-2-6-11-22/h1-12,17,23,26-28H,13-16,18-20H2,(H,31,35). The summed E-state index contributed by atoms with van der Waals surface area (Å²) in [5.41, 5.74) is 2.18. The van der Waals surface area contributed by atoms with Crippen LogP contribution in [-0.2, 0) is 32.3 Å². The first-order valence-corrected chi connectivity index (χ1v) is 14.4. The van der Waals surface area contributed by atoms with E-state index in [4.69, 9.17) is 4.84 Å². The molecule has 0 radical (unpaired) electrons. The average Bonchev–Trinajstić information content (AvgIpc) is 3.66. The third-order valence-electron chi connectivity index (χ3n) is 7.81. The molecule has 3 saturated heterocycles. The van der Waals surface area contributed by atoms with Crippen LogP contribution in [0, 0.1) is 5.92 Å². The van der Waals surface area contributed by atoms with Crippen molar-refractivity contribution in [3.05, 3.63) is 94.2 Å². The minimum absolute atomic E-state index is 0.0287. The molecule has 4 heterocycles. The first kappa shape index (κ1) is 25.9. The van der Waals surface area contributed by atoms with Gasteiger partial charge >= 0.3 is 0 Å². The lowest BCUT2D eigenvalue weighted by Gasteiger charge is -2.33. The molecular weight excluding hydrogens is 512 g/mol. The summed E-state index contributed by atoms with van der Waals surface area (Å²) < 4.78 is 0. The lowest BCUT2D eigenvalue weighted by molar-refractivity contribution is -0.182. The van der Waals surface area contributed by atoms with Crippen LogP contribution in [0.5, 0.6) is 0 Å². The normalized spacial score (nSPS) is 24.3. The maximum Gasteiger partial charge on any atom is 0.261 e. The van der Waals surface area contributed by atoms with E-state index in [0.717, 1.165) is 42.9 Å². The van der Waals surface area contributed by atoms with Gasteiger partial charge in [-0.3, -0.25) is 29.0 Å². The molecule has 1 N–H and O–H groups in total. The number of likely N-dealkylation sites (tertiary alicyclic amines) is 2. The highest BCUT2D eigenvalue weighted by Crippen LogP contribution is 2.46. The van der Waals surface area contributed by atoms with Crippen molar-refractivity contribution in [1.82, 2.24) is 20.2 Å². The molecule has 3 amide bonds. The number of imide groups is 1. The highest BCUT2D eigenvalue weighted by Gasteiger charge is 2.60. The monoisotopic (exact) mass is 544 g/mol. The molecule has 6 rings (SSSR count). The van der Waals surface area contributed by atoms with Crippen molar-refractivity contribution in [1.29, 1.82) is 0 Å². The Bertz CT molecular complexity index is 1300. The van der Waals surface area contributed by atoms with E-state index < -0.39 is 18.1 Å². The highest BCUT2D eigenvalue weighted by molar-refractivity contribution is 7.10. The van der Waals surface area contributed by atoms with E-state index in [9.17, 15) is 14.4 Å². The second-order valence-electron chi connectivity index (χ2n) is 10.4. The number of carbonyl (C=O) groups excluding carboxylic acids is 3. The van der Waals surface area contributed by atoms with Crippen LogP contribution in [0.2, 0.25) is 0 Å². The van der Waals surface area contributed by atoms with Gasteiger partial charge in [0.25, 0.3) is 5.91 Å². The summed E-state index contributed by atoms with van der Waals surface area (Å²) >= 11 is 1.50. The van der Waals surface area contributed by atoms with Crippen molar-refractivity contribution < 1.29 is 19.2 Å². The molecule has 3 unspecified atom stereocenters. The molecule has 3 aromatic rings. The number of hydrogen-bond acceptors (Lipinski definition) is 7. The molecule has 3 atom stereocenters. The maximum atomic E-state index is 13.5. The molecular formula is C30H32N4O4S. The number of fused-ring (bicyclic) bond motifs is 1. The van der Waals surface area contributed by atoms with Gasteiger partial charge in [-0.05, 0) is 35.4 Å². The van der Waals surface area contributed by atoms with Crippen LogP contribution in [-0.4, -0.2) is 64.4 Å². The molecule has 0 bridgehead atoms. The Kier molecular flexibility index (Phi) is 7.56. The molecule has 3 aliphatic heterocycles. The molecule has 202 valence electrons. The van der Waals surface area contributed by atoms with Crippen LogP contribution in [0.25, 0.3) is 0 Å². The molecule has 2 aromatic carbocycles. The van der Waals surface area contributed by atoms with Gasteiger partial charge in [0.2, 0.25) is 11.8 Å². The number of nitrogens with zero attached hydrogens (tertiary/aromatic N) is 3. The summed E-state index contributed by atoms with van der Waals surface area (Å²) in [6.07, 6.45) is 0.844. The summed E-state index contributed by atoms with van der Waals surface area (Å²) in [5.74, 6) is -1.42. The molecule has 0 spiro atoms. The summed E-state index contributed by atoms with van der Waals surface area (Å²) in [7, 11) is 0. The quantitative estimate of drug-likeness (QED) is 0.438. The molecule has 0 saturated carbocycles. The van der Waals surface area contributed by atoms with Gasteiger partial charge in [-0.15, -0.1) is 11.3 Å². The average molecular weight is 545 g/mol. The third-order valence-corrected chi connectivity index (χ3v) is 8.75. The van der Waals surface area contributed by atoms with E-state index in [0.29, 0.717) is 0 Å². The van der Waals surface area contributed by atoms with Crippen molar-refractivity contribution in [2.24, 2.45) is 5.92 Å². The first-order valence-electron chi connectivity index (χ1n) is 13.5. The molecule has 3 aliphatic rings. The second-order valence-corrected chi connectivity index (χ2v) is 11.4. The Morgan fingerprint density at radius 3 is 2.18 bits per heavy atom. The van der Waals surface area contributed by atoms with Crippen LogP contribution in [0.15, 0.2) is 78.2 Å². The van der Waals surface area contributed by atoms with Gasteiger partial charge in [-0.25, -0.2) is 0 Å². The van der Waals surface area contributed by atoms with Crippen LogP contribution < -0.4 is 5.32 Å². The van der Waals surface area contributed by atoms with Crippen molar-refractivity contribution >= 4 is 29.1 Å². The summed E-state index contributed by atoms with van der Waals surface area (Å²) in [4.78, 5) is 50.6. The minimum Gasteiger partial charge on any atom is -0.352 e. The zero-order chi connectivity index (χ0) is 26.8. The first-order chi connectivity index (χ1) is 19.1. The van der Waals surface area contributed by atoms with E-state index in [1.165, 1.54) is 21.8 Å². The Morgan fingerprint density at radius 2 is 1.54 bits per heavy atom. The summed E-state index contributed by atoms with van der Waals surface area (Å²) in [6.45, 7) is 2.94. The van der Waals surface area contributed by atoms with Gasteiger partial charge in [-0.1, -0.05) is 66.7 Å². The predicted octanol–water partition coefficient (Wildman–Crippen LogP) is 3.37. The topological polar surface area (TPSA) is 82.2 Å². The van der Waals surface area contributed by atoms with E-state index in [-0.39, 0.29) is 36.9 Å². The van der Waals surface area contributed by atoms with Crippen molar-refractivity contribution in [3.8, 4) is 0 Å². The minimum atomic E-state index is -0.915. The van der Waals surface area contributed by atoms with Crippen molar-refractivity contribution in [3.63, 3.8) is 0 Å². The van der Waals surface area contributed by atoms with Crippen LogP contribution in [0.4, 0.5) is 0 Å². The number of benzene rings is 2. The number of hydrogen-bond donors (Lipinski definition) is 1. The summed E-state index contributed by atoms with van der Waals surface area (Å²) in [5, 5.41) is 6.65. The number of hydroxylamine groups is 2. The molecule has 9 heteroatoms. The van der Waals surface area contributed by atoms with Gasteiger partial charge in [0.05, 0.1) is 18.5 Å².